The Morgan fingerprint density at radius 1 is 1.23 bits per heavy atom. The topological polar surface area (TPSA) is 95.9 Å². The molecule has 26 heavy (non-hydrogen) atoms. The van der Waals surface area contributed by atoms with E-state index in [1.165, 1.54) is 54.3 Å². The highest BCUT2D eigenvalue weighted by Crippen LogP contribution is 2.34. The molecule has 0 radical (unpaired) electrons. The fraction of sp³-hybridized carbons (Fsp3) is 0.167. The molecule has 0 aliphatic carbocycles. The molecule has 1 heterocycles. The first-order chi connectivity index (χ1) is 12.4. The lowest BCUT2D eigenvalue weighted by atomic mass is 10.1. The minimum atomic E-state index is -1.12. The summed E-state index contributed by atoms with van der Waals surface area (Å²) in [7, 11) is 0. The first-order valence-corrected chi connectivity index (χ1v) is 7.75. The third kappa shape index (κ3) is 3.34. The summed E-state index contributed by atoms with van der Waals surface area (Å²) in [6, 6.07) is 8.43. The van der Waals surface area contributed by atoms with E-state index in [0.29, 0.717) is 11.4 Å². The minimum absolute atomic E-state index is 0.0152. The van der Waals surface area contributed by atoms with Crippen LogP contribution in [0, 0.1) is 5.82 Å². The third-order valence-electron chi connectivity index (χ3n) is 3.96. The molecule has 3 rings (SSSR count). The van der Waals surface area contributed by atoms with Crippen LogP contribution in [0.5, 0.6) is 5.75 Å². The fourth-order valence-corrected chi connectivity index (χ4v) is 2.63. The van der Waals surface area contributed by atoms with Crippen LogP contribution in [-0.4, -0.2) is 35.5 Å². The predicted octanol–water partition coefficient (Wildman–Crippen LogP) is 2.28. The van der Waals surface area contributed by atoms with E-state index in [1.54, 1.807) is 0 Å². The summed E-state index contributed by atoms with van der Waals surface area (Å²) < 4.78 is 18.2. The fourth-order valence-electron chi connectivity index (χ4n) is 2.63. The minimum Gasteiger partial charge on any atom is -0.482 e. The molecule has 1 atom stereocenters. The van der Waals surface area contributed by atoms with Crippen molar-refractivity contribution >= 4 is 29.2 Å². The number of nitrogens with zero attached hydrogens (tertiary/aromatic N) is 1. The van der Waals surface area contributed by atoms with Crippen molar-refractivity contribution in [3.05, 3.63) is 53.8 Å². The maximum Gasteiger partial charge on any atom is 0.335 e. The average Bonchev–Trinajstić information content (AvgIpc) is 2.62. The number of halogens is 1. The molecule has 0 aromatic heterocycles. The average molecular weight is 358 g/mol. The Bertz CT molecular complexity index is 882. The molecule has 0 spiro atoms. The lowest BCUT2D eigenvalue weighted by Crippen LogP contribution is -2.49. The molecule has 7 nitrogen and oxygen atoms in total. The molecule has 1 aliphatic heterocycles. The van der Waals surface area contributed by atoms with E-state index in [0.717, 1.165) is 0 Å². The van der Waals surface area contributed by atoms with Gasteiger partial charge >= 0.3 is 5.97 Å². The van der Waals surface area contributed by atoms with Crippen molar-refractivity contribution in [2.24, 2.45) is 0 Å². The summed E-state index contributed by atoms with van der Waals surface area (Å²) >= 11 is 0. The molecule has 1 aliphatic rings. The number of anilines is 2. The maximum atomic E-state index is 13.0. The summed E-state index contributed by atoms with van der Waals surface area (Å²) in [4.78, 5) is 37.1. The number of hydrogen-bond donors (Lipinski definition) is 2. The van der Waals surface area contributed by atoms with Crippen LogP contribution >= 0.6 is 0 Å². The number of rotatable bonds is 4. The van der Waals surface area contributed by atoms with Crippen LogP contribution in [-0.2, 0) is 9.59 Å². The van der Waals surface area contributed by atoms with E-state index in [2.05, 4.69) is 5.32 Å². The van der Waals surface area contributed by atoms with E-state index >= 15 is 0 Å². The Morgan fingerprint density at radius 2 is 1.92 bits per heavy atom. The highest BCUT2D eigenvalue weighted by Gasteiger charge is 2.33. The first-order valence-electron chi connectivity index (χ1n) is 7.75. The molecule has 0 bridgehead atoms. The van der Waals surface area contributed by atoms with Crippen LogP contribution in [0.15, 0.2) is 42.5 Å². The maximum absolute atomic E-state index is 13.0. The number of carbonyl (C=O) groups excluding carboxylic acids is 2. The van der Waals surface area contributed by atoms with Crippen molar-refractivity contribution in [1.82, 2.24) is 0 Å². The molecular weight excluding hydrogens is 343 g/mol. The Balaban J connectivity index is 1.85. The number of hydrogen-bond acceptors (Lipinski definition) is 4. The van der Waals surface area contributed by atoms with Gasteiger partial charge in [-0.05, 0) is 49.4 Å². The Morgan fingerprint density at radius 3 is 2.58 bits per heavy atom. The number of ether oxygens (including phenoxy) is 1. The number of fused-ring (bicyclic) bond motifs is 1. The van der Waals surface area contributed by atoms with Gasteiger partial charge in [0.25, 0.3) is 5.91 Å². The van der Waals surface area contributed by atoms with Crippen molar-refractivity contribution in [1.29, 1.82) is 0 Å². The van der Waals surface area contributed by atoms with Gasteiger partial charge in [0.05, 0.1) is 11.3 Å². The summed E-state index contributed by atoms with van der Waals surface area (Å²) in [6.45, 7) is 1.24. The quantitative estimate of drug-likeness (QED) is 0.874. The molecule has 134 valence electrons. The molecule has 2 aromatic carbocycles. The lowest BCUT2D eigenvalue weighted by molar-refractivity contribution is -0.125. The van der Waals surface area contributed by atoms with Gasteiger partial charge in [-0.15, -0.1) is 0 Å². The summed E-state index contributed by atoms with van der Waals surface area (Å²) in [6.07, 6.45) is 0. The van der Waals surface area contributed by atoms with E-state index in [4.69, 9.17) is 9.84 Å². The highest BCUT2D eigenvalue weighted by atomic mass is 19.1. The first kappa shape index (κ1) is 17.4. The van der Waals surface area contributed by atoms with Gasteiger partial charge in [-0.3, -0.25) is 14.5 Å². The largest absolute Gasteiger partial charge is 0.482 e. The molecule has 2 aromatic rings. The van der Waals surface area contributed by atoms with E-state index < -0.39 is 29.6 Å². The predicted molar refractivity (Wildman–Crippen MR) is 90.9 cm³/mol. The van der Waals surface area contributed by atoms with Crippen LogP contribution in [0.1, 0.15) is 17.3 Å². The zero-order valence-corrected chi connectivity index (χ0v) is 13.7. The lowest BCUT2D eigenvalue weighted by Gasteiger charge is -2.33. The van der Waals surface area contributed by atoms with Gasteiger partial charge in [0.2, 0.25) is 5.91 Å². The van der Waals surface area contributed by atoms with Crippen LogP contribution in [0.3, 0.4) is 0 Å². The second-order valence-electron chi connectivity index (χ2n) is 5.71. The van der Waals surface area contributed by atoms with Crippen molar-refractivity contribution in [2.45, 2.75) is 13.0 Å². The summed E-state index contributed by atoms with van der Waals surface area (Å²) in [5.41, 5.74) is 0.722. The number of benzene rings is 2. The van der Waals surface area contributed by atoms with Crippen molar-refractivity contribution in [2.75, 3.05) is 16.8 Å². The standard InChI is InChI=1S/C18H15FN2O5/c1-10(17(23)20-13-5-3-12(19)4-6-13)21-14-7-2-11(18(24)25)8-15(14)26-9-16(21)22/h2-8,10H,9H2,1H3,(H,20,23)(H,24,25). The van der Waals surface area contributed by atoms with Gasteiger partial charge in [0.1, 0.15) is 17.6 Å². The van der Waals surface area contributed by atoms with E-state index in [-0.39, 0.29) is 17.9 Å². The Labute approximate surface area is 148 Å². The molecule has 1 unspecified atom stereocenters. The Hall–Kier alpha value is -3.42. The zero-order valence-electron chi connectivity index (χ0n) is 13.7. The molecule has 2 amide bonds. The summed E-state index contributed by atoms with van der Waals surface area (Å²) in [5, 5.41) is 11.7. The molecular formula is C18H15FN2O5. The van der Waals surface area contributed by atoms with Crippen LogP contribution < -0.4 is 15.0 Å². The van der Waals surface area contributed by atoms with Crippen LogP contribution in [0.2, 0.25) is 0 Å². The number of carboxylic acids is 1. The van der Waals surface area contributed by atoms with Crippen LogP contribution in [0.4, 0.5) is 15.8 Å². The third-order valence-corrected chi connectivity index (χ3v) is 3.96. The molecule has 0 saturated heterocycles. The Kier molecular flexibility index (Phi) is 4.57. The van der Waals surface area contributed by atoms with E-state index in [9.17, 15) is 18.8 Å². The van der Waals surface area contributed by atoms with E-state index in [1.807, 2.05) is 0 Å². The van der Waals surface area contributed by atoms with Crippen molar-refractivity contribution in [3.63, 3.8) is 0 Å². The SMILES string of the molecule is CC(C(=O)Nc1ccc(F)cc1)N1C(=O)COc2cc(C(=O)O)ccc21. The zero-order chi connectivity index (χ0) is 18.8. The van der Waals surface area contributed by atoms with Crippen LogP contribution in [0.25, 0.3) is 0 Å². The smallest absolute Gasteiger partial charge is 0.335 e. The van der Waals surface area contributed by atoms with Gasteiger partial charge in [0, 0.05) is 5.69 Å². The number of amides is 2. The van der Waals surface area contributed by atoms with Crippen molar-refractivity contribution < 1.29 is 28.6 Å². The van der Waals surface area contributed by atoms with Gasteiger partial charge in [0.15, 0.2) is 6.61 Å². The monoisotopic (exact) mass is 358 g/mol. The van der Waals surface area contributed by atoms with Gasteiger partial charge < -0.3 is 15.2 Å². The second-order valence-corrected chi connectivity index (χ2v) is 5.71. The number of carbonyl (C=O) groups is 3. The molecule has 2 N–H and O–H groups in total. The van der Waals surface area contributed by atoms with Gasteiger partial charge in [-0.2, -0.15) is 0 Å². The normalized spacial score (nSPS) is 14.2. The number of nitrogens with one attached hydrogen (secondary N) is 1. The number of aromatic carboxylic acids is 1. The van der Waals surface area contributed by atoms with Gasteiger partial charge in [-0.25, -0.2) is 9.18 Å². The number of carboxylic acid groups (broad SMARTS) is 1. The second kappa shape index (κ2) is 6.83. The van der Waals surface area contributed by atoms with Crippen molar-refractivity contribution in [3.8, 4) is 5.75 Å². The molecule has 0 fully saturated rings. The summed E-state index contributed by atoms with van der Waals surface area (Å²) in [5.74, 6) is -2.24. The van der Waals surface area contributed by atoms with Gasteiger partial charge in [-0.1, -0.05) is 0 Å². The molecule has 8 heteroatoms. The molecule has 0 saturated carbocycles. The highest BCUT2D eigenvalue weighted by molar-refractivity contribution is 6.07.